The van der Waals surface area contributed by atoms with E-state index in [0.717, 1.165) is 101 Å². The number of piperazine rings is 1. The normalized spacial score (nSPS) is 28.1. The van der Waals surface area contributed by atoms with E-state index in [1.165, 1.54) is 30.6 Å². The number of aromatic nitrogens is 2. The molecule has 5 aliphatic heterocycles. The predicted octanol–water partition coefficient (Wildman–Crippen LogP) is 3.41. The van der Waals surface area contributed by atoms with Crippen molar-refractivity contribution < 1.29 is 29.7 Å². The van der Waals surface area contributed by atoms with Crippen molar-refractivity contribution in [1.82, 2.24) is 40.4 Å². The van der Waals surface area contributed by atoms with E-state index < -0.39 is 29.5 Å². The second-order valence-electron chi connectivity index (χ2n) is 22.3. The Kier molecular flexibility index (Phi) is 13.9. The third-order valence-electron chi connectivity index (χ3n) is 17.4. The van der Waals surface area contributed by atoms with E-state index in [2.05, 4.69) is 57.7 Å². The van der Waals surface area contributed by atoms with Crippen molar-refractivity contribution in [3.05, 3.63) is 65.7 Å². The van der Waals surface area contributed by atoms with Gasteiger partial charge in [-0.2, -0.15) is 0 Å². The van der Waals surface area contributed by atoms with Gasteiger partial charge in [0.05, 0.1) is 23.5 Å². The number of likely N-dealkylation sites (tertiary alicyclic amines) is 3. The van der Waals surface area contributed by atoms with E-state index in [1.54, 1.807) is 18.2 Å². The number of carbonyl (C=O) groups is 3. The number of phenolic OH excluding ortho intramolecular Hbond substituents is 1. The number of phenols is 1. The lowest BCUT2D eigenvalue weighted by molar-refractivity contribution is -0.151. The summed E-state index contributed by atoms with van der Waals surface area (Å²) in [6.45, 7) is 12.2. The molecular weight excluding hydrogens is 885 g/mol. The molecule has 1 aromatic heterocycles. The number of anilines is 2. The number of aromatic hydroxyl groups is 1. The van der Waals surface area contributed by atoms with Crippen LogP contribution < -0.4 is 20.9 Å². The van der Waals surface area contributed by atoms with E-state index in [0.29, 0.717) is 35.4 Å². The number of terminal acetylenes is 1. The smallest absolute Gasteiger partial charge is 0.246 e. The minimum Gasteiger partial charge on any atom is -0.507 e. The van der Waals surface area contributed by atoms with Crippen molar-refractivity contribution in [3.63, 3.8) is 0 Å². The molecule has 0 radical (unpaired) electrons. The quantitative estimate of drug-likeness (QED) is 0.137. The number of β-amino-alcohol motifs (C(OH)–C–C–N with tert-alkyl or cyclic N) is 1. The van der Waals surface area contributed by atoms with Crippen LogP contribution in [0.1, 0.15) is 89.2 Å². The molecule has 6 heterocycles. The predicted molar refractivity (Wildman–Crippen MR) is 267 cm³/mol. The lowest BCUT2D eigenvalue weighted by Gasteiger charge is -2.60. The highest BCUT2D eigenvalue weighted by atomic mass is 16.3. The zero-order chi connectivity index (χ0) is 48.7. The Morgan fingerprint density at radius 2 is 1.54 bits per heavy atom. The van der Waals surface area contributed by atoms with Crippen molar-refractivity contribution in [3.8, 4) is 29.4 Å². The van der Waals surface area contributed by atoms with Crippen LogP contribution in [0.3, 0.4) is 0 Å². The van der Waals surface area contributed by atoms with Crippen molar-refractivity contribution >= 4 is 29.2 Å². The number of benzene rings is 2. The lowest BCUT2D eigenvalue weighted by atomic mass is 9.49. The first kappa shape index (κ1) is 48.3. The van der Waals surface area contributed by atoms with Gasteiger partial charge < -0.3 is 50.9 Å². The molecule has 4 saturated heterocycles. The molecule has 6 N–H and O–H groups in total. The zero-order valence-electron chi connectivity index (χ0n) is 40.9. The van der Waals surface area contributed by atoms with Crippen LogP contribution in [-0.2, 0) is 20.9 Å². The number of hydrogen-bond donors (Lipinski definition) is 6. The molecule has 16 heteroatoms. The molecular formula is C54H72N10O6. The molecule has 0 unspecified atom stereocenters. The molecule has 6 fully saturated rings. The van der Waals surface area contributed by atoms with Crippen LogP contribution in [-0.4, -0.2) is 171 Å². The maximum absolute atomic E-state index is 14.4. The van der Waals surface area contributed by atoms with Gasteiger partial charge in [0.1, 0.15) is 17.8 Å². The standard InChI is InChI=1S/C54H72N10O6/c1-4-35-9-11-36(12-10-35)31-56-51(69)46-25-42(66)34-64(46)52(70)48(53(2,3)17-24-65)57-50(68)37-27-54(28-37)29-40(30-54)61-20-13-38(14-21-61)60-18-15-39(16-19-60)62-22-23-63-41(33-62)32-55-49-45(63)26-44(58-59-49)43-7-5-6-8-47(43)67/h1,5-12,26,37-42,46,48,65-67H,13-25,27-34H2,2-3H3,(H,55,59)(H,56,69)(H,57,68)/t37?,40?,41-,42+,46-,48+,54?/m0/s1. The van der Waals surface area contributed by atoms with Crippen molar-refractivity contribution in [2.45, 2.75) is 127 Å². The molecule has 70 heavy (non-hydrogen) atoms. The highest BCUT2D eigenvalue weighted by Gasteiger charge is 2.57. The first-order chi connectivity index (χ1) is 33.8. The lowest BCUT2D eigenvalue weighted by Crippen LogP contribution is -2.63. The minimum absolute atomic E-state index is 0.00471. The number of amides is 3. The summed E-state index contributed by atoms with van der Waals surface area (Å²) >= 11 is 0. The summed E-state index contributed by atoms with van der Waals surface area (Å²) in [6.07, 6.45) is 13.7. The first-order valence-corrected chi connectivity index (χ1v) is 25.9. The summed E-state index contributed by atoms with van der Waals surface area (Å²) in [6, 6.07) is 17.0. The molecule has 7 aliphatic rings. The Morgan fingerprint density at radius 1 is 0.857 bits per heavy atom. The van der Waals surface area contributed by atoms with Gasteiger partial charge in [-0.15, -0.1) is 16.6 Å². The SMILES string of the molecule is C#Cc1ccc(CNC(=O)[C@@H]2C[C@@H](O)CN2C(=O)[C@@H](NC(=O)C2CC3(C2)CC(N2CCC(N4CCC(N5CCN6c7cc(-c8ccccc8O)nnc7NC[C@H]6C5)CC4)CC2)C3)C(C)(C)CCO)cc1. The molecule has 374 valence electrons. The van der Waals surface area contributed by atoms with E-state index in [-0.39, 0.29) is 61.4 Å². The van der Waals surface area contributed by atoms with Crippen LogP contribution in [0.5, 0.6) is 5.75 Å². The molecule has 2 aromatic carbocycles. The Bertz CT molecular complexity index is 2420. The molecule has 0 bridgehead atoms. The number of carbonyl (C=O) groups excluding carboxylic acids is 3. The average molecular weight is 957 g/mol. The Labute approximate surface area is 412 Å². The maximum atomic E-state index is 14.4. The first-order valence-electron chi connectivity index (χ1n) is 25.9. The summed E-state index contributed by atoms with van der Waals surface area (Å²) in [7, 11) is 0. The van der Waals surface area contributed by atoms with Gasteiger partial charge in [0.25, 0.3) is 0 Å². The molecule has 2 aliphatic carbocycles. The number of nitrogens with zero attached hydrogens (tertiary/aromatic N) is 7. The van der Waals surface area contributed by atoms with Gasteiger partial charge in [-0.05, 0) is 131 Å². The van der Waals surface area contributed by atoms with Gasteiger partial charge in [0, 0.05) is 87.5 Å². The molecule has 4 atom stereocenters. The topological polar surface area (TPSA) is 190 Å². The largest absolute Gasteiger partial charge is 0.507 e. The van der Waals surface area contributed by atoms with Crippen molar-refractivity contribution in [1.29, 1.82) is 0 Å². The Balaban J connectivity index is 0.658. The third kappa shape index (κ3) is 9.84. The summed E-state index contributed by atoms with van der Waals surface area (Å²) in [5.41, 5.74) is 3.44. The molecule has 3 aromatic rings. The van der Waals surface area contributed by atoms with Gasteiger partial charge in [0.15, 0.2) is 5.82 Å². The summed E-state index contributed by atoms with van der Waals surface area (Å²) in [5.74, 6) is 2.51. The zero-order valence-corrected chi connectivity index (χ0v) is 40.9. The Morgan fingerprint density at radius 3 is 2.23 bits per heavy atom. The van der Waals surface area contributed by atoms with Gasteiger partial charge >= 0.3 is 0 Å². The fourth-order valence-electron chi connectivity index (χ4n) is 13.2. The number of aliphatic hydroxyl groups excluding tert-OH is 2. The van der Waals surface area contributed by atoms with Gasteiger partial charge in [-0.1, -0.05) is 44.0 Å². The van der Waals surface area contributed by atoms with E-state index >= 15 is 0 Å². The number of piperidine rings is 2. The molecule has 3 amide bonds. The number of rotatable bonds is 13. The number of para-hydroxylation sites is 1. The summed E-state index contributed by atoms with van der Waals surface area (Å²) in [5, 5.41) is 49.6. The minimum atomic E-state index is -0.964. The number of nitrogens with one attached hydrogen (secondary N) is 3. The van der Waals surface area contributed by atoms with E-state index in [4.69, 9.17) is 6.42 Å². The number of aliphatic hydroxyl groups is 2. The third-order valence-corrected chi connectivity index (χ3v) is 17.4. The Hall–Kier alpha value is -5.31. The fraction of sp³-hybridized carbons (Fsp3) is 0.611. The van der Waals surface area contributed by atoms with Gasteiger partial charge in [-0.25, -0.2) is 0 Å². The van der Waals surface area contributed by atoms with E-state index in [9.17, 15) is 29.7 Å². The molecule has 10 rings (SSSR count). The van der Waals surface area contributed by atoms with Gasteiger partial charge in [0.2, 0.25) is 17.7 Å². The van der Waals surface area contributed by atoms with Crippen LogP contribution in [0.2, 0.25) is 0 Å². The second kappa shape index (κ2) is 20.1. The number of fused-ring (bicyclic) bond motifs is 3. The molecule has 16 nitrogen and oxygen atoms in total. The summed E-state index contributed by atoms with van der Waals surface area (Å²) in [4.78, 5) is 53.9. The van der Waals surface area contributed by atoms with Crippen LogP contribution in [0.4, 0.5) is 11.5 Å². The number of hydrogen-bond acceptors (Lipinski definition) is 13. The highest BCUT2D eigenvalue weighted by molar-refractivity contribution is 5.94. The van der Waals surface area contributed by atoms with E-state index in [1.807, 2.05) is 44.2 Å². The second-order valence-corrected chi connectivity index (χ2v) is 22.3. The molecule has 2 saturated carbocycles. The van der Waals surface area contributed by atoms with Crippen LogP contribution in [0.25, 0.3) is 11.3 Å². The van der Waals surface area contributed by atoms with Crippen LogP contribution in [0.15, 0.2) is 54.6 Å². The monoisotopic (exact) mass is 957 g/mol. The average Bonchev–Trinajstić information content (AvgIpc) is 3.75. The van der Waals surface area contributed by atoms with Gasteiger partial charge in [-0.3, -0.25) is 19.3 Å². The summed E-state index contributed by atoms with van der Waals surface area (Å²) < 4.78 is 0. The van der Waals surface area contributed by atoms with Crippen LogP contribution in [0, 0.1) is 29.1 Å². The van der Waals surface area contributed by atoms with Crippen molar-refractivity contribution in [2.75, 3.05) is 75.7 Å². The highest BCUT2D eigenvalue weighted by Crippen LogP contribution is 2.60. The van der Waals surface area contributed by atoms with Crippen LogP contribution >= 0.6 is 0 Å². The van der Waals surface area contributed by atoms with Crippen molar-refractivity contribution in [2.24, 2.45) is 16.7 Å². The molecule has 1 spiro atoms. The maximum Gasteiger partial charge on any atom is 0.246 e. The fourth-order valence-corrected chi connectivity index (χ4v) is 13.2.